The summed E-state index contributed by atoms with van der Waals surface area (Å²) < 4.78 is 43.0. The zero-order chi connectivity index (χ0) is 21.8. The predicted octanol–water partition coefficient (Wildman–Crippen LogP) is 3.66. The molecule has 0 unspecified atom stereocenters. The third-order valence-corrected chi connectivity index (χ3v) is 7.60. The Kier molecular flexibility index (Phi) is 6.38. The average Bonchev–Trinajstić information content (AvgIpc) is 3.20. The van der Waals surface area contributed by atoms with Gasteiger partial charge in [-0.15, -0.1) is 0 Å². The van der Waals surface area contributed by atoms with Crippen LogP contribution in [0, 0.1) is 5.82 Å². The first-order valence-corrected chi connectivity index (χ1v) is 12.0. The number of nitrogens with zero attached hydrogens (tertiary/aromatic N) is 2. The molecule has 0 atom stereocenters. The number of nitrogens with one attached hydrogen (secondary N) is 1. The smallest absolute Gasteiger partial charge is 0.243 e. The zero-order valence-electron chi connectivity index (χ0n) is 17.3. The summed E-state index contributed by atoms with van der Waals surface area (Å²) in [6.07, 6.45) is 4.97. The topological polar surface area (TPSA) is 71.4 Å². The van der Waals surface area contributed by atoms with E-state index >= 15 is 0 Å². The Labute approximate surface area is 181 Å². The summed E-state index contributed by atoms with van der Waals surface area (Å²) in [5.41, 5.74) is 1.32. The number of hydrogen-bond donors (Lipinski definition) is 1. The lowest BCUT2D eigenvalue weighted by Crippen LogP contribution is -2.35. The molecule has 31 heavy (non-hydrogen) atoms. The van der Waals surface area contributed by atoms with Crippen LogP contribution in [0.2, 0.25) is 0 Å². The fourth-order valence-corrected chi connectivity index (χ4v) is 5.49. The van der Waals surface area contributed by atoms with Crippen LogP contribution in [-0.2, 0) is 27.9 Å². The Hall–Kier alpha value is -2.71. The van der Waals surface area contributed by atoms with Gasteiger partial charge >= 0.3 is 0 Å². The molecule has 0 aliphatic carbocycles. The van der Waals surface area contributed by atoms with Crippen LogP contribution in [0.4, 0.5) is 4.39 Å². The second-order valence-electron chi connectivity index (χ2n) is 7.81. The van der Waals surface area contributed by atoms with E-state index in [-0.39, 0.29) is 24.7 Å². The highest BCUT2D eigenvalue weighted by Crippen LogP contribution is 2.25. The van der Waals surface area contributed by atoms with Crippen molar-refractivity contribution in [3.05, 3.63) is 66.1 Å². The van der Waals surface area contributed by atoms with E-state index in [4.69, 9.17) is 0 Å². The molecule has 1 aliphatic heterocycles. The molecular weight excluding hydrogens is 417 g/mol. The van der Waals surface area contributed by atoms with Crippen molar-refractivity contribution in [1.29, 1.82) is 0 Å². The van der Waals surface area contributed by atoms with E-state index < -0.39 is 10.0 Å². The number of rotatable bonds is 7. The normalized spacial score (nSPS) is 15.3. The van der Waals surface area contributed by atoms with E-state index in [1.807, 2.05) is 16.8 Å². The van der Waals surface area contributed by atoms with Gasteiger partial charge in [0.25, 0.3) is 0 Å². The molecule has 0 bridgehead atoms. The molecule has 6 nitrogen and oxygen atoms in total. The predicted molar refractivity (Wildman–Crippen MR) is 117 cm³/mol. The molecule has 2 heterocycles. The number of carbonyl (C=O) groups is 1. The van der Waals surface area contributed by atoms with Crippen LogP contribution in [0.3, 0.4) is 0 Å². The summed E-state index contributed by atoms with van der Waals surface area (Å²) in [6, 6.07) is 13.4. The SMILES string of the molecule is O=C(CCn1ccc2cc(S(=O)(=O)N3CCCCC3)ccc21)NCc1ccccc1F. The monoisotopic (exact) mass is 443 g/mol. The van der Waals surface area contributed by atoms with E-state index in [2.05, 4.69) is 5.32 Å². The Morgan fingerprint density at radius 2 is 1.81 bits per heavy atom. The molecule has 1 aliphatic rings. The van der Waals surface area contributed by atoms with Gasteiger partial charge < -0.3 is 9.88 Å². The standard InChI is InChI=1S/C23H26FN3O3S/c24-21-7-3-2-6-19(21)17-25-23(28)11-15-26-14-10-18-16-20(8-9-22(18)26)31(29,30)27-12-4-1-5-13-27/h2-3,6-10,14,16H,1,4-5,11-13,15,17H2,(H,25,28). The van der Waals surface area contributed by atoms with Crippen LogP contribution in [0.25, 0.3) is 10.9 Å². The first kappa shape index (κ1) is 21.5. The maximum atomic E-state index is 13.7. The first-order valence-electron chi connectivity index (χ1n) is 10.5. The lowest BCUT2D eigenvalue weighted by atomic mass is 10.2. The van der Waals surface area contributed by atoms with Gasteiger partial charge in [-0.1, -0.05) is 24.6 Å². The van der Waals surface area contributed by atoms with Crippen molar-refractivity contribution in [2.75, 3.05) is 13.1 Å². The van der Waals surface area contributed by atoms with Crippen molar-refractivity contribution in [3.63, 3.8) is 0 Å². The minimum atomic E-state index is -3.48. The van der Waals surface area contributed by atoms with Gasteiger partial charge in [-0.2, -0.15) is 4.31 Å². The third kappa shape index (κ3) is 4.80. The molecule has 0 spiro atoms. The van der Waals surface area contributed by atoms with Crippen molar-refractivity contribution in [1.82, 2.24) is 14.2 Å². The number of aromatic nitrogens is 1. The van der Waals surface area contributed by atoms with Crippen LogP contribution in [0.1, 0.15) is 31.2 Å². The lowest BCUT2D eigenvalue weighted by Gasteiger charge is -2.25. The third-order valence-electron chi connectivity index (χ3n) is 5.71. The molecule has 3 aromatic rings. The van der Waals surface area contributed by atoms with Gasteiger partial charge in [-0.25, -0.2) is 12.8 Å². The van der Waals surface area contributed by atoms with Crippen molar-refractivity contribution in [3.8, 4) is 0 Å². The Balaban J connectivity index is 1.40. The highest BCUT2D eigenvalue weighted by molar-refractivity contribution is 7.89. The van der Waals surface area contributed by atoms with Crippen LogP contribution in [-0.4, -0.2) is 36.3 Å². The first-order chi connectivity index (χ1) is 14.9. The molecule has 1 saturated heterocycles. The van der Waals surface area contributed by atoms with Gasteiger partial charge in [-0.3, -0.25) is 4.79 Å². The lowest BCUT2D eigenvalue weighted by molar-refractivity contribution is -0.121. The average molecular weight is 444 g/mol. The molecule has 4 rings (SSSR count). The summed E-state index contributed by atoms with van der Waals surface area (Å²) in [5.74, 6) is -0.510. The number of hydrogen-bond acceptors (Lipinski definition) is 3. The fourth-order valence-electron chi connectivity index (χ4n) is 3.93. The molecule has 1 fully saturated rings. The van der Waals surface area contributed by atoms with Gasteiger partial charge in [0.15, 0.2) is 0 Å². The van der Waals surface area contributed by atoms with Crippen LogP contribution in [0.15, 0.2) is 59.6 Å². The summed E-state index contributed by atoms with van der Waals surface area (Å²) >= 11 is 0. The highest BCUT2D eigenvalue weighted by atomic mass is 32.2. The number of benzene rings is 2. The number of fused-ring (bicyclic) bond motifs is 1. The van der Waals surface area contributed by atoms with E-state index in [0.29, 0.717) is 30.1 Å². The summed E-state index contributed by atoms with van der Waals surface area (Å²) in [7, 11) is -3.48. The van der Waals surface area contributed by atoms with Gasteiger partial charge in [0.05, 0.1) is 4.90 Å². The number of halogens is 1. The van der Waals surface area contributed by atoms with Crippen molar-refractivity contribution in [2.24, 2.45) is 0 Å². The molecular formula is C23H26FN3O3S. The van der Waals surface area contributed by atoms with Crippen molar-refractivity contribution in [2.45, 2.75) is 43.7 Å². The summed E-state index contributed by atoms with van der Waals surface area (Å²) in [6.45, 7) is 1.74. The molecule has 1 N–H and O–H groups in total. The van der Waals surface area contributed by atoms with Crippen LogP contribution >= 0.6 is 0 Å². The number of piperidine rings is 1. The number of sulfonamides is 1. The summed E-state index contributed by atoms with van der Waals surface area (Å²) in [5, 5.41) is 3.56. The van der Waals surface area contributed by atoms with Gasteiger partial charge in [-0.05, 0) is 43.2 Å². The zero-order valence-corrected chi connectivity index (χ0v) is 18.1. The van der Waals surface area contributed by atoms with E-state index in [0.717, 1.165) is 30.2 Å². The number of aryl methyl sites for hydroxylation is 1. The maximum Gasteiger partial charge on any atom is 0.243 e. The van der Waals surface area contributed by atoms with Gasteiger partial charge in [0.2, 0.25) is 15.9 Å². The molecule has 1 aromatic heterocycles. The van der Waals surface area contributed by atoms with Gasteiger partial charge in [0.1, 0.15) is 5.82 Å². The quantitative estimate of drug-likeness (QED) is 0.606. The van der Waals surface area contributed by atoms with Gasteiger partial charge in [0, 0.05) is 55.3 Å². The second-order valence-corrected chi connectivity index (χ2v) is 9.75. The van der Waals surface area contributed by atoms with E-state index in [9.17, 15) is 17.6 Å². The van der Waals surface area contributed by atoms with Crippen molar-refractivity contribution < 1.29 is 17.6 Å². The Morgan fingerprint density at radius 1 is 1.03 bits per heavy atom. The molecule has 1 amide bonds. The molecule has 2 aromatic carbocycles. The van der Waals surface area contributed by atoms with Crippen LogP contribution in [0.5, 0.6) is 0 Å². The molecule has 0 radical (unpaired) electrons. The fraction of sp³-hybridized carbons (Fsp3) is 0.348. The highest BCUT2D eigenvalue weighted by Gasteiger charge is 2.26. The Morgan fingerprint density at radius 3 is 2.58 bits per heavy atom. The van der Waals surface area contributed by atoms with Crippen molar-refractivity contribution >= 4 is 26.8 Å². The minimum absolute atomic E-state index is 0.148. The van der Waals surface area contributed by atoms with E-state index in [1.165, 1.54) is 6.07 Å². The maximum absolute atomic E-state index is 13.7. The largest absolute Gasteiger partial charge is 0.352 e. The molecule has 164 valence electrons. The summed E-state index contributed by atoms with van der Waals surface area (Å²) in [4.78, 5) is 12.5. The second kappa shape index (κ2) is 9.20. The van der Waals surface area contributed by atoms with Crippen LogP contribution < -0.4 is 5.32 Å². The molecule has 0 saturated carbocycles. The minimum Gasteiger partial charge on any atom is -0.352 e. The van der Waals surface area contributed by atoms with E-state index in [1.54, 1.807) is 40.7 Å². The Bertz CT molecular complexity index is 1180. The number of amides is 1. The number of carbonyl (C=O) groups excluding carboxylic acids is 1. The molecule has 8 heteroatoms.